The number of aliphatic hydroxyl groups is 1. The summed E-state index contributed by atoms with van der Waals surface area (Å²) in [6, 6.07) is 5.23. The number of halogens is 2. The largest absolute Gasteiger partial charge is 0.385 e. The summed E-state index contributed by atoms with van der Waals surface area (Å²) in [5.41, 5.74) is -0.274. The van der Waals surface area contributed by atoms with Gasteiger partial charge in [0.2, 0.25) is 0 Å². The van der Waals surface area contributed by atoms with Gasteiger partial charge in [0, 0.05) is 20.6 Å². The predicted octanol–water partition coefficient (Wildman–Crippen LogP) is 2.91. The lowest BCUT2D eigenvalue weighted by Crippen LogP contribution is -2.43. The first kappa shape index (κ1) is 14.7. The van der Waals surface area contributed by atoms with Crippen LogP contribution < -0.4 is 0 Å². The summed E-state index contributed by atoms with van der Waals surface area (Å²) >= 11 is 11.7. The van der Waals surface area contributed by atoms with Crippen LogP contribution in [0.4, 0.5) is 0 Å². The second kappa shape index (κ2) is 6.03. The first-order valence-electron chi connectivity index (χ1n) is 5.12. The standard InChI is InChI=1S/C12H16Cl2O3/c1-12(15,11(16-2)17-3)7-8-4-5-9(13)10(14)6-8/h4-6,11,15H,7H2,1-3H3. The highest BCUT2D eigenvalue weighted by Gasteiger charge is 2.32. The predicted molar refractivity (Wildman–Crippen MR) is 68.6 cm³/mol. The van der Waals surface area contributed by atoms with Gasteiger partial charge in [0.15, 0.2) is 6.29 Å². The molecule has 0 fully saturated rings. The number of benzene rings is 1. The molecule has 0 heterocycles. The van der Waals surface area contributed by atoms with Crippen molar-refractivity contribution < 1.29 is 14.6 Å². The number of hydrogen-bond acceptors (Lipinski definition) is 3. The average molecular weight is 279 g/mol. The summed E-state index contributed by atoms with van der Waals surface area (Å²) in [6.07, 6.45) is -0.340. The second-order valence-corrected chi connectivity index (χ2v) is 4.90. The Bertz CT molecular complexity index is 376. The van der Waals surface area contributed by atoms with Gasteiger partial charge in [-0.05, 0) is 24.6 Å². The van der Waals surface area contributed by atoms with Crippen LogP contribution in [0.15, 0.2) is 18.2 Å². The van der Waals surface area contributed by atoms with E-state index in [1.54, 1.807) is 19.1 Å². The fraction of sp³-hybridized carbons (Fsp3) is 0.500. The topological polar surface area (TPSA) is 38.7 Å². The van der Waals surface area contributed by atoms with E-state index in [1.165, 1.54) is 14.2 Å². The van der Waals surface area contributed by atoms with Gasteiger partial charge in [-0.25, -0.2) is 0 Å². The van der Waals surface area contributed by atoms with E-state index in [9.17, 15) is 5.11 Å². The maximum Gasteiger partial charge on any atom is 0.185 e. The molecule has 5 heteroatoms. The maximum absolute atomic E-state index is 10.3. The molecule has 0 aliphatic heterocycles. The molecule has 0 radical (unpaired) electrons. The van der Waals surface area contributed by atoms with Crippen LogP contribution in [-0.2, 0) is 15.9 Å². The van der Waals surface area contributed by atoms with E-state index in [-0.39, 0.29) is 0 Å². The Morgan fingerprint density at radius 3 is 2.29 bits per heavy atom. The molecular weight excluding hydrogens is 263 g/mol. The average Bonchev–Trinajstić information content (AvgIpc) is 2.24. The quantitative estimate of drug-likeness (QED) is 0.842. The minimum absolute atomic E-state index is 0.357. The third-order valence-electron chi connectivity index (χ3n) is 2.48. The van der Waals surface area contributed by atoms with Crippen molar-refractivity contribution in [1.82, 2.24) is 0 Å². The van der Waals surface area contributed by atoms with Crippen LogP contribution in [-0.4, -0.2) is 31.2 Å². The minimum Gasteiger partial charge on any atom is -0.385 e. The molecule has 0 saturated carbocycles. The Kier molecular flexibility index (Phi) is 5.22. The molecule has 96 valence electrons. The molecule has 1 atom stereocenters. The first-order chi connectivity index (χ1) is 7.90. The summed E-state index contributed by atoms with van der Waals surface area (Å²) in [6.45, 7) is 1.65. The zero-order valence-electron chi connectivity index (χ0n) is 10.0. The molecule has 0 aliphatic rings. The molecule has 1 aromatic carbocycles. The van der Waals surface area contributed by atoms with Crippen LogP contribution in [0.25, 0.3) is 0 Å². The smallest absolute Gasteiger partial charge is 0.185 e. The fourth-order valence-corrected chi connectivity index (χ4v) is 2.07. The Labute approximate surface area is 111 Å². The highest BCUT2D eigenvalue weighted by Crippen LogP contribution is 2.26. The molecule has 0 bridgehead atoms. The number of hydrogen-bond donors (Lipinski definition) is 1. The van der Waals surface area contributed by atoms with Crippen LogP contribution in [0.1, 0.15) is 12.5 Å². The third kappa shape index (κ3) is 3.83. The number of ether oxygens (including phenoxy) is 2. The summed E-state index contributed by atoms with van der Waals surface area (Å²) < 4.78 is 10.1. The molecule has 0 amide bonds. The lowest BCUT2D eigenvalue weighted by Gasteiger charge is -2.30. The van der Waals surface area contributed by atoms with Crippen molar-refractivity contribution in [2.45, 2.75) is 25.2 Å². The van der Waals surface area contributed by atoms with E-state index in [0.29, 0.717) is 16.5 Å². The first-order valence-corrected chi connectivity index (χ1v) is 5.88. The van der Waals surface area contributed by atoms with Crippen LogP contribution in [0.2, 0.25) is 10.0 Å². The molecule has 0 aromatic heterocycles. The molecular formula is C12H16Cl2O3. The normalized spacial score (nSPS) is 15.0. The van der Waals surface area contributed by atoms with Crippen molar-refractivity contribution in [3.8, 4) is 0 Å². The van der Waals surface area contributed by atoms with Gasteiger partial charge >= 0.3 is 0 Å². The van der Waals surface area contributed by atoms with Crippen LogP contribution in [0.5, 0.6) is 0 Å². The Morgan fingerprint density at radius 1 is 1.24 bits per heavy atom. The number of methoxy groups -OCH3 is 2. The molecule has 1 unspecified atom stereocenters. The van der Waals surface area contributed by atoms with E-state index >= 15 is 0 Å². The molecule has 1 rings (SSSR count). The molecule has 0 aliphatic carbocycles. The third-order valence-corrected chi connectivity index (χ3v) is 3.22. The van der Waals surface area contributed by atoms with Gasteiger partial charge < -0.3 is 14.6 Å². The molecule has 0 spiro atoms. The van der Waals surface area contributed by atoms with Gasteiger partial charge in [0.05, 0.1) is 10.0 Å². The highest BCUT2D eigenvalue weighted by molar-refractivity contribution is 6.42. The van der Waals surface area contributed by atoms with Gasteiger partial charge in [-0.1, -0.05) is 29.3 Å². The Hall–Kier alpha value is -0.320. The second-order valence-electron chi connectivity index (χ2n) is 4.09. The van der Waals surface area contributed by atoms with Gasteiger partial charge in [-0.2, -0.15) is 0 Å². The Balaban J connectivity index is 2.85. The van der Waals surface area contributed by atoms with Gasteiger partial charge in [0.25, 0.3) is 0 Å². The van der Waals surface area contributed by atoms with Crippen molar-refractivity contribution in [3.05, 3.63) is 33.8 Å². The lowest BCUT2D eigenvalue weighted by molar-refractivity contribution is -0.207. The SMILES string of the molecule is COC(OC)C(C)(O)Cc1ccc(Cl)c(Cl)c1. The van der Waals surface area contributed by atoms with Crippen molar-refractivity contribution >= 4 is 23.2 Å². The van der Waals surface area contributed by atoms with Gasteiger partial charge in [-0.15, -0.1) is 0 Å². The summed E-state index contributed by atoms with van der Waals surface area (Å²) in [7, 11) is 2.97. The van der Waals surface area contributed by atoms with Crippen molar-refractivity contribution in [2.75, 3.05) is 14.2 Å². The van der Waals surface area contributed by atoms with Crippen LogP contribution in [0, 0.1) is 0 Å². The molecule has 3 nitrogen and oxygen atoms in total. The fourth-order valence-electron chi connectivity index (χ4n) is 1.75. The summed E-state index contributed by atoms with van der Waals surface area (Å²) in [5, 5.41) is 11.2. The zero-order valence-corrected chi connectivity index (χ0v) is 11.5. The van der Waals surface area contributed by atoms with Crippen molar-refractivity contribution in [2.24, 2.45) is 0 Å². The minimum atomic E-state index is -1.14. The lowest BCUT2D eigenvalue weighted by atomic mass is 9.96. The maximum atomic E-state index is 10.3. The molecule has 1 aromatic rings. The van der Waals surface area contributed by atoms with Crippen molar-refractivity contribution in [1.29, 1.82) is 0 Å². The van der Waals surface area contributed by atoms with Gasteiger partial charge in [0.1, 0.15) is 5.60 Å². The summed E-state index contributed by atoms with van der Waals surface area (Å²) in [5.74, 6) is 0. The molecule has 0 saturated heterocycles. The van der Waals surface area contributed by atoms with E-state index in [4.69, 9.17) is 32.7 Å². The highest BCUT2D eigenvalue weighted by atomic mass is 35.5. The Morgan fingerprint density at radius 2 is 1.82 bits per heavy atom. The van der Waals surface area contributed by atoms with Crippen molar-refractivity contribution in [3.63, 3.8) is 0 Å². The van der Waals surface area contributed by atoms with E-state index in [1.807, 2.05) is 6.07 Å². The zero-order chi connectivity index (χ0) is 13.1. The monoisotopic (exact) mass is 278 g/mol. The van der Waals surface area contributed by atoms with Gasteiger partial charge in [-0.3, -0.25) is 0 Å². The van der Waals surface area contributed by atoms with E-state index < -0.39 is 11.9 Å². The van der Waals surface area contributed by atoms with Crippen LogP contribution >= 0.6 is 23.2 Å². The molecule has 17 heavy (non-hydrogen) atoms. The summed E-state index contributed by atoms with van der Waals surface area (Å²) in [4.78, 5) is 0. The van der Waals surface area contributed by atoms with E-state index in [0.717, 1.165) is 5.56 Å². The molecule has 1 N–H and O–H groups in total. The number of rotatable bonds is 5. The van der Waals surface area contributed by atoms with Crippen LogP contribution in [0.3, 0.4) is 0 Å². The van der Waals surface area contributed by atoms with E-state index in [2.05, 4.69) is 0 Å².